The number of hydrogen-bond donors (Lipinski definition) is 2. The summed E-state index contributed by atoms with van der Waals surface area (Å²) in [5.41, 5.74) is 10.6. The van der Waals surface area contributed by atoms with Crippen LogP contribution in [0.1, 0.15) is 38.8 Å². The van der Waals surface area contributed by atoms with E-state index in [2.05, 4.69) is 36.8 Å². The fraction of sp³-hybridized carbons (Fsp3) is 0.400. The quantitative estimate of drug-likeness (QED) is 0.603. The highest BCUT2D eigenvalue weighted by Gasteiger charge is 2.30. The van der Waals surface area contributed by atoms with Crippen LogP contribution in [0.25, 0.3) is 0 Å². The summed E-state index contributed by atoms with van der Waals surface area (Å²) >= 11 is 0. The van der Waals surface area contributed by atoms with Crippen molar-refractivity contribution >= 4 is 5.97 Å². The molecule has 1 heterocycles. The number of allylic oxidation sites excluding steroid dienone is 1. The minimum Gasteiger partial charge on any atom is -0.492 e. The first-order valence-electron chi connectivity index (χ1n) is 10.5. The Morgan fingerprint density at radius 3 is 2.40 bits per heavy atom. The molecular formula is C25H32N2O3. The Labute approximate surface area is 179 Å². The zero-order valence-corrected chi connectivity index (χ0v) is 18.3. The molecule has 2 aromatic rings. The lowest BCUT2D eigenvalue weighted by molar-refractivity contribution is -0.157. The maximum absolute atomic E-state index is 12.5. The molecule has 1 aliphatic heterocycles. The highest BCUT2D eigenvalue weighted by atomic mass is 16.5. The van der Waals surface area contributed by atoms with Crippen LogP contribution in [-0.4, -0.2) is 19.1 Å². The zero-order valence-electron chi connectivity index (χ0n) is 18.3. The third-order valence-corrected chi connectivity index (χ3v) is 5.19. The van der Waals surface area contributed by atoms with Crippen molar-refractivity contribution in [3.8, 4) is 5.75 Å². The number of hydrogen-bond acceptors (Lipinski definition) is 5. The number of hydrazine groups is 1. The smallest absolute Gasteiger partial charge is 0.315 e. The van der Waals surface area contributed by atoms with Gasteiger partial charge in [0.25, 0.3) is 0 Å². The average Bonchev–Trinajstić information content (AvgIpc) is 3.21. The van der Waals surface area contributed by atoms with Crippen LogP contribution in [0.5, 0.6) is 5.75 Å². The third-order valence-electron chi connectivity index (χ3n) is 5.19. The SMILES string of the molecule is CC(C)C1=C(Cc2ccc(OCC(C)(C)C(=O)OCc3ccccc3)cc2)CNN1. The highest BCUT2D eigenvalue weighted by Crippen LogP contribution is 2.23. The fourth-order valence-electron chi connectivity index (χ4n) is 3.33. The van der Waals surface area contributed by atoms with Crippen LogP contribution in [-0.2, 0) is 22.6 Å². The van der Waals surface area contributed by atoms with Crippen molar-refractivity contribution in [2.75, 3.05) is 13.2 Å². The van der Waals surface area contributed by atoms with Crippen molar-refractivity contribution in [2.24, 2.45) is 11.3 Å². The molecule has 0 saturated carbocycles. The Bertz CT molecular complexity index is 871. The van der Waals surface area contributed by atoms with E-state index >= 15 is 0 Å². The Kier molecular flexibility index (Phi) is 7.16. The van der Waals surface area contributed by atoms with Crippen molar-refractivity contribution < 1.29 is 14.3 Å². The minimum atomic E-state index is -0.731. The summed E-state index contributed by atoms with van der Waals surface area (Å²) in [5, 5.41) is 0. The van der Waals surface area contributed by atoms with Crippen LogP contribution in [0.15, 0.2) is 65.9 Å². The van der Waals surface area contributed by atoms with Gasteiger partial charge in [-0.25, -0.2) is 5.43 Å². The molecule has 0 atom stereocenters. The molecule has 5 nitrogen and oxygen atoms in total. The molecule has 0 radical (unpaired) electrons. The van der Waals surface area contributed by atoms with Crippen molar-refractivity contribution in [2.45, 2.75) is 40.7 Å². The first-order valence-corrected chi connectivity index (χ1v) is 10.5. The van der Waals surface area contributed by atoms with E-state index in [0.29, 0.717) is 5.92 Å². The summed E-state index contributed by atoms with van der Waals surface area (Å²) in [4.78, 5) is 12.5. The van der Waals surface area contributed by atoms with Gasteiger partial charge >= 0.3 is 5.97 Å². The van der Waals surface area contributed by atoms with E-state index in [1.165, 1.54) is 16.8 Å². The normalized spacial score (nSPS) is 14.0. The first-order chi connectivity index (χ1) is 14.3. The molecule has 1 aliphatic rings. The molecular weight excluding hydrogens is 376 g/mol. The average molecular weight is 409 g/mol. The van der Waals surface area contributed by atoms with Gasteiger partial charge in [0.2, 0.25) is 0 Å². The van der Waals surface area contributed by atoms with E-state index in [9.17, 15) is 4.79 Å². The van der Waals surface area contributed by atoms with Gasteiger partial charge < -0.3 is 14.9 Å². The number of esters is 1. The summed E-state index contributed by atoms with van der Waals surface area (Å²) in [5.74, 6) is 0.960. The van der Waals surface area contributed by atoms with Crippen LogP contribution in [0.4, 0.5) is 0 Å². The summed E-state index contributed by atoms with van der Waals surface area (Å²) in [6.45, 7) is 9.47. The number of ether oxygens (including phenoxy) is 2. The third kappa shape index (κ3) is 5.86. The van der Waals surface area contributed by atoms with Crippen molar-refractivity contribution in [1.29, 1.82) is 0 Å². The van der Waals surface area contributed by atoms with Crippen LogP contribution in [0.3, 0.4) is 0 Å². The molecule has 0 fully saturated rings. The van der Waals surface area contributed by atoms with Gasteiger partial charge in [0.1, 0.15) is 19.0 Å². The summed E-state index contributed by atoms with van der Waals surface area (Å²) in [6.07, 6.45) is 0.908. The second kappa shape index (κ2) is 9.81. The number of rotatable bonds is 9. The van der Waals surface area contributed by atoms with Gasteiger partial charge in [-0.3, -0.25) is 4.79 Å². The summed E-state index contributed by atoms with van der Waals surface area (Å²) in [6, 6.07) is 17.8. The van der Waals surface area contributed by atoms with Gasteiger partial charge in [0, 0.05) is 12.2 Å². The standard InChI is InChI=1S/C25H32N2O3/c1-18(2)23-21(15-26-27-23)14-19-10-12-22(13-11-19)30-17-25(3,4)24(28)29-16-20-8-6-5-7-9-20/h5-13,18,26-27H,14-17H2,1-4H3. The molecule has 0 amide bonds. The second-order valence-electron chi connectivity index (χ2n) is 8.71. The van der Waals surface area contributed by atoms with E-state index in [4.69, 9.17) is 9.47 Å². The highest BCUT2D eigenvalue weighted by molar-refractivity contribution is 5.76. The van der Waals surface area contributed by atoms with Crippen LogP contribution < -0.4 is 15.6 Å². The van der Waals surface area contributed by atoms with Gasteiger partial charge in [-0.1, -0.05) is 56.3 Å². The van der Waals surface area contributed by atoms with Gasteiger partial charge in [-0.05, 0) is 55.0 Å². The van der Waals surface area contributed by atoms with Gasteiger partial charge in [0.15, 0.2) is 0 Å². The molecule has 3 rings (SSSR count). The topological polar surface area (TPSA) is 59.6 Å². The molecule has 0 aromatic heterocycles. The molecule has 0 bridgehead atoms. The molecule has 0 saturated heterocycles. The van der Waals surface area contributed by atoms with Crippen molar-refractivity contribution in [3.05, 3.63) is 77.0 Å². The summed E-state index contributed by atoms with van der Waals surface area (Å²) < 4.78 is 11.4. The van der Waals surface area contributed by atoms with E-state index in [-0.39, 0.29) is 19.2 Å². The number of benzene rings is 2. The number of carbonyl (C=O) groups excluding carboxylic acids is 1. The lowest BCUT2D eigenvalue weighted by Gasteiger charge is -2.23. The van der Waals surface area contributed by atoms with Crippen molar-refractivity contribution in [3.63, 3.8) is 0 Å². The molecule has 30 heavy (non-hydrogen) atoms. The number of carbonyl (C=O) groups is 1. The minimum absolute atomic E-state index is 0.260. The van der Waals surface area contributed by atoms with E-state index in [1.807, 2.05) is 56.3 Å². The maximum atomic E-state index is 12.5. The van der Waals surface area contributed by atoms with Gasteiger partial charge in [-0.15, -0.1) is 0 Å². The Hall–Kier alpha value is -2.79. The molecule has 0 aliphatic carbocycles. The summed E-state index contributed by atoms with van der Waals surface area (Å²) in [7, 11) is 0. The van der Waals surface area contributed by atoms with Crippen LogP contribution in [0, 0.1) is 11.3 Å². The fourth-order valence-corrected chi connectivity index (χ4v) is 3.33. The van der Waals surface area contributed by atoms with Gasteiger partial charge in [0.05, 0.1) is 5.41 Å². The molecule has 5 heteroatoms. The monoisotopic (exact) mass is 408 g/mol. The Morgan fingerprint density at radius 2 is 1.73 bits per heavy atom. The van der Waals surface area contributed by atoms with E-state index < -0.39 is 5.41 Å². The van der Waals surface area contributed by atoms with Crippen molar-refractivity contribution in [1.82, 2.24) is 10.9 Å². The lowest BCUT2D eigenvalue weighted by atomic mass is 9.95. The largest absolute Gasteiger partial charge is 0.492 e. The lowest BCUT2D eigenvalue weighted by Crippen LogP contribution is -2.32. The maximum Gasteiger partial charge on any atom is 0.315 e. The Morgan fingerprint density at radius 1 is 1.03 bits per heavy atom. The molecule has 2 N–H and O–H groups in total. The predicted molar refractivity (Wildman–Crippen MR) is 119 cm³/mol. The van der Waals surface area contributed by atoms with E-state index in [1.54, 1.807) is 0 Å². The number of nitrogens with one attached hydrogen (secondary N) is 2. The van der Waals surface area contributed by atoms with Gasteiger partial charge in [-0.2, -0.15) is 0 Å². The second-order valence-corrected chi connectivity index (χ2v) is 8.71. The molecule has 0 spiro atoms. The van der Waals surface area contributed by atoms with Crippen LogP contribution in [0.2, 0.25) is 0 Å². The van der Waals surface area contributed by atoms with Crippen LogP contribution >= 0.6 is 0 Å². The first kappa shape index (κ1) is 21.9. The molecule has 0 unspecified atom stereocenters. The predicted octanol–water partition coefficient (Wildman–Crippen LogP) is 4.40. The molecule has 2 aromatic carbocycles. The Balaban J connectivity index is 1.51. The zero-order chi connectivity index (χ0) is 21.6. The van der Waals surface area contributed by atoms with E-state index in [0.717, 1.165) is 24.3 Å². The molecule has 160 valence electrons.